The Labute approximate surface area is 393 Å². The molecule has 3 aromatic carbocycles. The van der Waals surface area contributed by atoms with Crippen LogP contribution in [0, 0.1) is 15.5 Å². The van der Waals surface area contributed by atoms with Crippen molar-refractivity contribution in [2.45, 2.75) is 50.2 Å². The molecule has 1 amide bonds. The summed E-state index contributed by atoms with van der Waals surface area (Å²) in [5.74, 6) is -0.910. The normalized spacial score (nSPS) is 19.7. The molecule has 6 aromatic rings. The maximum absolute atomic E-state index is 14.3. The first-order valence-electron chi connectivity index (χ1n) is 22.7. The second-order valence-electron chi connectivity index (χ2n) is 18.7. The van der Waals surface area contributed by atoms with E-state index in [1.807, 2.05) is 36.4 Å². The van der Waals surface area contributed by atoms with Gasteiger partial charge in [0.1, 0.15) is 11.2 Å². The van der Waals surface area contributed by atoms with E-state index in [-0.39, 0.29) is 29.3 Å². The number of nitrogens with one attached hydrogen (secondary N) is 3. The minimum Gasteiger partial charge on any atom is -0.378 e. The maximum Gasteiger partial charge on any atom is 0.293 e. The molecule has 0 saturated carbocycles. The van der Waals surface area contributed by atoms with Crippen LogP contribution in [0.15, 0.2) is 95.7 Å². The maximum atomic E-state index is 14.3. The average Bonchev–Trinajstić information content (AvgIpc) is 3.94. The number of nitro groups is 1. The summed E-state index contributed by atoms with van der Waals surface area (Å²) in [5, 5.41) is 20.1. The number of pyridine rings is 1. The number of carbonyl (C=O) groups excluding carboxylic acids is 1. The lowest BCUT2D eigenvalue weighted by atomic mass is 9.72. The lowest BCUT2D eigenvalue weighted by Crippen LogP contribution is -2.56. The van der Waals surface area contributed by atoms with Gasteiger partial charge in [-0.25, -0.2) is 23.1 Å². The molecule has 10 rings (SSSR count). The molecule has 1 aliphatic carbocycles. The van der Waals surface area contributed by atoms with E-state index < -0.39 is 31.4 Å². The molecule has 4 aliphatic rings. The summed E-state index contributed by atoms with van der Waals surface area (Å²) >= 11 is 6.27. The number of anilines is 2. The number of morpholine rings is 1. The monoisotopic (exact) mass is 948 g/mol. The first-order valence-corrected chi connectivity index (χ1v) is 24.6. The Morgan fingerprint density at radius 1 is 1.01 bits per heavy atom. The van der Waals surface area contributed by atoms with Gasteiger partial charge < -0.3 is 19.7 Å². The molecule has 6 heterocycles. The zero-order valence-electron chi connectivity index (χ0n) is 37.4. The molecule has 0 unspecified atom stereocenters. The number of hydrogen-bond acceptors (Lipinski definition) is 13. The van der Waals surface area contributed by atoms with Crippen LogP contribution in [0.2, 0.25) is 5.02 Å². The van der Waals surface area contributed by atoms with Crippen molar-refractivity contribution in [2.24, 2.45) is 5.41 Å². The van der Waals surface area contributed by atoms with Crippen LogP contribution in [0.1, 0.15) is 49.0 Å². The van der Waals surface area contributed by atoms with Gasteiger partial charge in [0.2, 0.25) is 0 Å². The topological polar surface area (TPSA) is 193 Å². The quantitative estimate of drug-likeness (QED) is 0.0803. The van der Waals surface area contributed by atoms with Gasteiger partial charge in [0, 0.05) is 86.9 Å². The summed E-state index contributed by atoms with van der Waals surface area (Å²) in [6.45, 7) is 12.2. The fourth-order valence-corrected chi connectivity index (χ4v) is 10.8. The Bertz CT molecular complexity index is 3000. The first kappa shape index (κ1) is 44.9. The predicted molar refractivity (Wildman–Crippen MR) is 258 cm³/mol. The summed E-state index contributed by atoms with van der Waals surface area (Å²) in [4.78, 5) is 41.6. The highest BCUT2D eigenvalue weighted by Gasteiger charge is 2.33. The van der Waals surface area contributed by atoms with Gasteiger partial charge in [-0.2, -0.15) is 0 Å². The number of hydrogen-bond donors (Lipinski definition) is 3. The van der Waals surface area contributed by atoms with E-state index in [1.165, 1.54) is 28.8 Å². The van der Waals surface area contributed by atoms with Gasteiger partial charge in [0.25, 0.3) is 21.6 Å². The number of sulfonamides is 1. The van der Waals surface area contributed by atoms with Crippen molar-refractivity contribution < 1.29 is 27.6 Å². The third kappa shape index (κ3) is 9.51. The molecule has 3 saturated heterocycles. The zero-order chi connectivity index (χ0) is 46.5. The average molecular weight is 950 g/mol. The summed E-state index contributed by atoms with van der Waals surface area (Å²) in [6, 6.07) is 21.2. The summed E-state index contributed by atoms with van der Waals surface area (Å²) < 4.78 is 43.0. The molecule has 3 aromatic heterocycles. The number of ether oxygens (including phenoxy) is 2. The van der Waals surface area contributed by atoms with Gasteiger partial charge in [-0.1, -0.05) is 43.2 Å². The minimum atomic E-state index is -4.60. The highest BCUT2D eigenvalue weighted by atomic mass is 35.5. The van der Waals surface area contributed by atoms with Crippen molar-refractivity contribution in [3.8, 4) is 5.69 Å². The lowest BCUT2D eigenvalue weighted by molar-refractivity contribution is -0.384. The number of rotatable bonds is 13. The molecule has 67 heavy (non-hydrogen) atoms. The van der Waals surface area contributed by atoms with Crippen LogP contribution in [-0.4, -0.2) is 133 Å². The molecule has 3 aliphatic heterocycles. The van der Waals surface area contributed by atoms with E-state index in [4.69, 9.17) is 21.1 Å². The van der Waals surface area contributed by atoms with Crippen LogP contribution in [-0.2, 0) is 19.5 Å². The Morgan fingerprint density at radius 3 is 2.58 bits per heavy atom. The van der Waals surface area contributed by atoms with Gasteiger partial charge in [-0.3, -0.25) is 34.5 Å². The molecule has 1 atom stereocenters. The van der Waals surface area contributed by atoms with Crippen LogP contribution in [0.5, 0.6) is 0 Å². The molecule has 0 spiro atoms. The molecule has 3 fully saturated rings. The van der Waals surface area contributed by atoms with Crippen molar-refractivity contribution in [1.82, 2.24) is 34.3 Å². The highest BCUT2D eigenvalue weighted by Crippen LogP contribution is 2.43. The predicted octanol–water partition coefficient (Wildman–Crippen LogP) is 6.88. The number of aromatic amines is 1. The standard InChI is InChI=1S/C48H53ClN10O7S/c1-48(2)13-11-33(40(24-48)31-3-5-34(49)6-4-31)27-55-15-17-56(18-16-55)35-7-9-39(43(22-35)58-44-21-32-12-14-50-46(32)53-42(44)26-52-58)47(60)54-67(63,64)38-8-10-41(45(23-38)59(61)62)51-25-37-28-57(19-20-66-37)36-29-65-30-36/h3-10,12,14,21-23,26,36-37,51-52H,11,13,15-20,24-25,27-30H2,1-2H3,(H,54,60)/t37-/m1/s1. The van der Waals surface area contributed by atoms with Gasteiger partial charge in [0.05, 0.1) is 58.6 Å². The molecule has 350 valence electrons. The van der Waals surface area contributed by atoms with Crippen molar-refractivity contribution >= 4 is 72.2 Å². The van der Waals surface area contributed by atoms with Crippen molar-refractivity contribution in [1.29, 1.82) is 0 Å². The Kier molecular flexibility index (Phi) is 12.3. The van der Waals surface area contributed by atoms with E-state index in [1.54, 1.807) is 23.1 Å². The first-order chi connectivity index (χ1) is 32.3. The Hall–Kier alpha value is -5.89. The lowest BCUT2D eigenvalue weighted by Gasteiger charge is -2.42. The number of nitrogens with zero attached hydrogens (tertiary/aromatic N) is 7. The smallest absolute Gasteiger partial charge is 0.293 e. The van der Waals surface area contributed by atoms with Gasteiger partial charge in [-0.05, 0) is 90.4 Å². The van der Waals surface area contributed by atoms with Gasteiger partial charge >= 0.3 is 0 Å². The van der Waals surface area contributed by atoms with Crippen LogP contribution in [0.25, 0.3) is 33.3 Å². The molecule has 0 radical (unpaired) electrons. The third-order valence-corrected chi connectivity index (χ3v) is 15.2. The largest absolute Gasteiger partial charge is 0.378 e. The molecular formula is C48H53ClN10O7S. The van der Waals surface area contributed by atoms with Crippen LogP contribution >= 0.6 is 11.6 Å². The third-order valence-electron chi connectivity index (χ3n) is 13.6. The van der Waals surface area contributed by atoms with Gasteiger partial charge in [-0.15, -0.1) is 0 Å². The van der Waals surface area contributed by atoms with Crippen molar-refractivity contribution in [3.05, 3.63) is 117 Å². The molecule has 19 heteroatoms. The fourth-order valence-electron chi connectivity index (χ4n) is 9.68. The number of allylic oxidation sites excluding steroid dienone is 1. The van der Waals surface area contributed by atoms with Crippen molar-refractivity contribution in [2.75, 3.05) is 82.4 Å². The number of carbonyl (C=O) groups is 1. The van der Waals surface area contributed by atoms with Gasteiger partial charge in [0.15, 0.2) is 5.65 Å². The number of aromatic nitrogens is 4. The van der Waals surface area contributed by atoms with E-state index >= 15 is 0 Å². The number of halogens is 1. The Morgan fingerprint density at radius 2 is 1.82 bits per heavy atom. The Balaban J connectivity index is 0.889. The summed E-state index contributed by atoms with van der Waals surface area (Å²) in [7, 11) is -4.60. The summed E-state index contributed by atoms with van der Waals surface area (Å²) in [5.41, 5.74) is 7.16. The molecule has 3 N–H and O–H groups in total. The van der Waals surface area contributed by atoms with Crippen LogP contribution < -0.4 is 14.9 Å². The SMILES string of the molecule is CC1(C)CCC(CN2CCN(c3ccc(C(=O)NS(=O)(=O)c4ccc(NC[C@@H]5CN(C6COC6)CCO5)c([N+](=O)[O-])c4)c(-n4[nH]cc5nc6nccc6cc54)c3)CC2)=C(c2ccc(Cl)cc2)C1. The van der Waals surface area contributed by atoms with E-state index in [2.05, 4.69) is 65.8 Å². The number of H-pyrrole nitrogens is 1. The number of benzene rings is 3. The minimum absolute atomic E-state index is 0.0603. The highest BCUT2D eigenvalue weighted by molar-refractivity contribution is 7.90. The second-order valence-corrected chi connectivity index (χ2v) is 20.8. The van der Waals surface area contributed by atoms with Crippen molar-refractivity contribution in [3.63, 3.8) is 0 Å². The number of amides is 1. The van der Waals surface area contributed by atoms with E-state index in [0.717, 1.165) is 80.7 Å². The number of nitro benzene ring substituents is 1. The summed E-state index contributed by atoms with van der Waals surface area (Å²) in [6.07, 6.45) is 6.35. The molecular weight excluding hydrogens is 896 g/mol. The number of piperazine rings is 1. The molecule has 0 bridgehead atoms. The number of fused-ring (bicyclic) bond motifs is 2. The van der Waals surface area contributed by atoms with E-state index in [9.17, 15) is 23.3 Å². The van der Waals surface area contributed by atoms with Crippen LogP contribution in [0.4, 0.5) is 17.1 Å². The second kappa shape index (κ2) is 18.3. The zero-order valence-corrected chi connectivity index (χ0v) is 39.0. The fraction of sp³-hybridized carbons (Fsp3) is 0.396. The molecule has 17 nitrogen and oxygen atoms in total. The van der Waals surface area contributed by atoms with E-state index in [0.29, 0.717) is 54.8 Å². The van der Waals surface area contributed by atoms with Crippen LogP contribution in [0.3, 0.4) is 0 Å².